The molecule has 0 aliphatic carbocycles. The number of nitrogens with one attached hydrogen (secondary N) is 2. The van der Waals surface area contributed by atoms with E-state index in [2.05, 4.69) is 41.5 Å². The van der Waals surface area contributed by atoms with Crippen LogP contribution in [0.3, 0.4) is 0 Å². The number of nitrogens with zero attached hydrogens (tertiary/aromatic N) is 3. The van der Waals surface area contributed by atoms with Gasteiger partial charge in [0.15, 0.2) is 0 Å². The maximum atomic E-state index is 12.4. The van der Waals surface area contributed by atoms with Gasteiger partial charge in [-0.25, -0.2) is 4.98 Å². The SMILES string of the molecule is CNc1cc(C(=O)Nc2ccnn2C)cc(C(C)(C)C)n1. The van der Waals surface area contributed by atoms with E-state index in [1.807, 2.05) is 6.07 Å². The second-order valence-electron chi connectivity index (χ2n) is 5.92. The molecule has 0 spiro atoms. The summed E-state index contributed by atoms with van der Waals surface area (Å²) in [4.78, 5) is 16.9. The number of aryl methyl sites for hydroxylation is 1. The lowest BCUT2D eigenvalue weighted by atomic mass is 9.90. The Hall–Kier alpha value is -2.37. The van der Waals surface area contributed by atoms with Crippen molar-refractivity contribution in [3.05, 3.63) is 35.7 Å². The van der Waals surface area contributed by atoms with Crippen LogP contribution in [0.25, 0.3) is 0 Å². The third-order valence-corrected chi connectivity index (χ3v) is 3.17. The van der Waals surface area contributed by atoms with Crippen LogP contribution in [0.15, 0.2) is 24.4 Å². The first-order valence-corrected chi connectivity index (χ1v) is 6.81. The highest BCUT2D eigenvalue weighted by atomic mass is 16.1. The van der Waals surface area contributed by atoms with Crippen LogP contribution in [-0.2, 0) is 12.5 Å². The van der Waals surface area contributed by atoms with E-state index in [0.29, 0.717) is 17.2 Å². The van der Waals surface area contributed by atoms with E-state index < -0.39 is 0 Å². The topological polar surface area (TPSA) is 71.8 Å². The summed E-state index contributed by atoms with van der Waals surface area (Å²) in [6.45, 7) is 6.20. The van der Waals surface area contributed by atoms with Crippen LogP contribution in [0.2, 0.25) is 0 Å². The standard InChI is InChI=1S/C15H21N5O/c1-15(2,3)11-8-10(9-12(16-4)18-11)14(21)19-13-6-7-17-20(13)5/h6-9H,1-5H3,(H,16,18)(H,19,21). The van der Waals surface area contributed by atoms with Gasteiger partial charge >= 0.3 is 0 Å². The fourth-order valence-corrected chi connectivity index (χ4v) is 1.86. The van der Waals surface area contributed by atoms with Crippen molar-refractivity contribution in [3.63, 3.8) is 0 Å². The molecule has 2 aromatic rings. The van der Waals surface area contributed by atoms with Crippen molar-refractivity contribution in [3.8, 4) is 0 Å². The smallest absolute Gasteiger partial charge is 0.257 e. The molecule has 2 heterocycles. The average Bonchev–Trinajstić information content (AvgIpc) is 2.82. The van der Waals surface area contributed by atoms with Crippen LogP contribution in [0.4, 0.5) is 11.6 Å². The lowest BCUT2D eigenvalue weighted by molar-refractivity contribution is 0.102. The van der Waals surface area contributed by atoms with Gasteiger partial charge in [-0.1, -0.05) is 20.8 Å². The molecule has 0 aromatic carbocycles. The minimum atomic E-state index is -0.178. The van der Waals surface area contributed by atoms with Gasteiger partial charge in [0.2, 0.25) is 0 Å². The Morgan fingerprint density at radius 2 is 2.00 bits per heavy atom. The highest BCUT2D eigenvalue weighted by Gasteiger charge is 2.19. The second kappa shape index (κ2) is 5.55. The number of amides is 1. The van der Waals surface area contributed by atoms with Gasteiger partial charge in [-0.3, -0.25) is 9.48 Å². The van der Waals surface area contributed by atoms with Crippen molar-refractivity contribution in [1.82, 2.24) is 14.8 Å². The largest absolute Gasteiger partial charge is 0.373 e. The summed E-state index contributed by atoms with van der Waals surface area (Å²) < 4.78 is 1.61. The fraction of sp³-hybridized carbons (Fsp3) is 0.400. The van der Waals surface area contributed by atoms with Gasteiger partial charge in [0.05, 0.1) is 6.20 Å². The summed E-state index contributed by atoms with van der Waals surface area (Å²) in [5.41, 5.74) is 1.30. The molecular weight excluding hydrogens is 266 g/mol. The zero-order chi connectivity index (χ0) is 15.6. The third-order valence-electron chi connectivity index (χ3n) is 3.17. The van der Waals surface area contributed by atoms with Crippen LogP contribution in [-0.4, -0.2) is 27.7 Å². The maximum Gasteiger partial charge on any atom is 0.257 e. The van der Waals surface area contributed by atoms with Gasteiger partial charge in [-0.2, -0.15) is 5.10 Å². The Morgan fingerprint density at radius 1 is 1.29 bits per heavy atom. The summed E-state index contributed by atoms with van der Waals surface area (Å²) in [6.07, 6.45) is 1.64. The minimum Gasteiger partial charge on any atom is -0.373 e. The number of hydrogen-bond donors (Lipinski definition) is 2. The quantitative estimate of drug-likeness (QED) is 0.909. The Labute approximate surface area is 124 Å². The molecule has 0 radical (unpaired) electrons. The van der Waals surface area contributed by atoms with E-state index >= 15 is 0 Å². The fourth-order valence-electron chi connectivity index (χ4n) is 1.86. The van der Waals surface area contributed by atoms with E-state index in [4.69, 9.17) is 0 Å². The highest BCUT2D eigenvalue weighted by molar-refractivity contribution is 6.04. The Kier molecular flexibility index (Phi) is 3.97. The molecule has 0 atom stereocenters. The van der Waals surface area contributed by atoms with Gasteiger partial charge in [0, 0.05) is 36.8 Å². The number of carbonyl (C=O) groups is 1. The molecule has 21 heavy (non-hydrogen) atoms. The first-order valence-electron chi connectivity index (χ1n) is 6.81. The molecule has 2 aromatic heterocycles. The molecule has 6 heteroatoms. The molecular formula is C15H21N5O. The van der Waals surface area contributed by atoms with Crippen molar-refractivity contribution in [2.75, 3.05) is 17.7 Å². The number of carbonyl (C=O) groups excluding carboxylic acids is 1. The maximum absolute atomic E-state index is 12.4. The Bertz CT molecular complexity index is 654. The lowest BCUT2D eigenvalue weighted by Gasteiger charge is -2.19. The Balaban J connectivity index is 2.34. The van der Waals surface area contributed by atoms with Crippen LogP contribution in [0.5, 0.6) is 0 Å². The third kappa shape index (κ3) is 3.39. The van der Waals surface area contributed by atoms with Crippen LogP contribution in [0.1, 0.15) is 36.8 Å². The predicted octanol–water partition coefficient (Wildman–Crippen LogP) is 2.41. The predicted molar refractivity (Wildman–Crippen MR) is 83.6 cm³/mol. The monoisotopic (exact) mass is 287 g/mol. The van der Waals surface area contributed by atoms with E-state index in [9.17, 15) is 4.79 Å². The van der Waals surface area contributed by atoms with Crippen LogP contribution in [0, 0.1) is 0 Å². The van der Waals surface area contributed by atoms with E-state index in [0.717, 1.165) is 5.69 Å². The summed E-state index contributed by atoms with van der Waals surface area (Å²) in [5, 5.41) is 9.87. The molecule has 0 saturated carbocycles. The summed E-state index contributed by atoms with van der Waals surface area (Å²) in [5.74, 6) is 1.15. The van der Waals surface area contributed by atoms with Gasteiger partial charge in [0.1, 0.15) is 11.6 Å². The normalized spacial score (nSPS) is 11.3. The molecule has 0 bridgehead atoms. The zero-order valence-corrected chi connectivity index (χ0v) is 13.1. The van der Waals surface area contributed by atoms with Crippen molar-refractivity contribution >= 4 is 17.5 Å². The van der Waals surface area contributed by atoms with Crippen LogP contribution < -0.4 is 10.6 Å². The molecule has 6 nitrogen and oxygen atoms in total. The second-order valence-corrected chi connectivity index (χ2v) is 5.92. The number of anilines is 2. The summed E-state index contributed by atoms with van der Waals surface area (Å²) in [7, 11) is 3.57. The first-order chi connectivity index (χ1) is 9.81. The van der Waals surface area contributed by atoms with E-state index in [-0.39, 0.29) is 11.3 Å². The number of rotatable bonds is 3. The minimum absolute atomic E-state index is 0.131. The summed E-state index contributed by atoms with van der Waals surface area (Å²) in [6, 6.07) is 5.32. The molecule has 2 rings (SSSR count). The lowest BCUT2D eigenvalue weighted by Crippen LogP contribution is -2.19. The van der Waals surface area contributed by atoms with E-state index in [1.54, 1.807) is 37.1 Å². The molecule has 1 amide bonds. The number of hydrogen-bond acceptors (Lipinski definition) is 4. The van der Waals surface area contributed by atoms with E-state index in [1.165, 1.54) is 0 Å². The first kappa shape index (κ1) is 15.0. The van der Waals surface area contributed by atoms with Crippen molar-refractivity contribution in [1.29, 1.82) is 0 Å². The molecule has 112 valence electrons. The van der Waals surface area contributed by atoms with Crippen LogP contribution >= 0.6 is 0 Å². The molecule has 0 aliphatic heterocycles. The van der Waals surface area contributed by atoms with Gasteiger partial charge in [0.25, 0.3) is 5.91 Å². The molecule has 2 N–H and O–H groups in total. The van der Waals surface area contributed by atoms with Crippen molar-refractivity contribution in [2.24, 2.45) is 7.05 Å². The van der Waals surface area contributed by atoms with Crippen molar-refractivity contribution in [2.45, 2.75) is 26.2 Å². The van der Waals surface area contributed by atoms with Gasteiger partial charge in [-0.15, -0.1) is 0 Å². The zero-order valence-electron chi connectivity index (χ0n) is 13.1. The van der Waals surface area contributed by atoms with Gasteiger partial charge < -0.3 is 10.6 Å². The average molecular weight is 287 g/mol. The molecule has 0 fully saturated rings. The van der Waals surface area contributed by atoms with Crippen molar-refractivity contribution < 1.29 is 4.79 Å². The molecule has 0 unspecified atom stereocenters. The van der Waals surface area contributed by atoms with Gasteiger partial charge in [-0.05, 0) is 12.1 Å². The molecule has 0 saturated heterocycles. The molecule has 0 aliphatic rings. The number of aromatic nitrogens is 3. The Morgan fingerprint density at radius 3 is 2.52 bits per heavy atom. The highest BCUT2D eigenvalue weighted by Crippen LogP contribution is 2.23. The number of pyridine rings is 1. The summed E-state index contributed by atoms with van der Waals surface area (Å²) >= 11 is 0.